The molecule has 0 heterocycles. The van der Waals surface area contributed by atoms with Crippen LogP contribution < -0.4 is 0 Å². The van der Waals surface area contributed by atoms with Crippen molar-refractivity contribution in [3.63, 3.8) is 0 Å². The molecule has 0 fully saturated rings. The summed E-state index contributed by atoms with van der Waals surface area (Å²) >= 11 is 0. The van der Waals surface area contributed by atoms with E-state index in [9.17, 15) is 9.59 Å². The highest BCUT2D eigenvalue weighted by Gasteiger charge is 1.91. The summed E-state index contributed by atoms with van der Waals surface area (Å²) in [6.07, 6.45) is 3.50. The van der Waals surface area contributed by atoms with Crippen LogP contribution in [0.3, 0.4) is 0 Å². The van der Waals surface area contributed by atoms with Gasteiger partial charge in [0.15, 0.2) is 0 Å². The Morgan fingerprint density at radius 1 is 1.55 bits per heavy atom. The molecule has 0 saturated carbocycles. The van der Waals surface area contributed by atoms with Gasteiger partial charge in [0.05, 0.1) is 7.11 Å². The van der Waals surface area contributed by atoms with E-state index in [-0.39, 0.29) is 6.61 Å². The van der Waals surface area contributed by atoms with E-state index < -0.39 is 11.9 Å². The summed E-state index contributed by atoms with van der Waals surface area (Å²) in [5.41, 5.74) is 0. The lowest BCUT2D eigenvalue weighted by molar-refractivity contribution is -0.140. The summed E-state index contributed by atoms with van der Waals surface area (Å²) in [5, 5.41) is 0. The Kier molecular flexibility index (Phi) is 4.81. The third kappa shape index (κ3) is 6.57. The number of hydrogen-bond acceptors (Lipinski definition) is 4. The minimum absolute atomic E-state index is 0.0234. The SMILES string of the molecule is COC(=O)/C=[C]\COC(C)=O. The van der Waals surface area contributed by atoms with E-state index in [1.807, 2.05) is 0 Å². The lowest BCUT2D eigenvalue weighted by Crippen LogP contribution is -2.00. The van der Waals surface area contributed by atoms with Gasteiger partial charge in [0.1, 0.15) is 6.61 Å². The van der Waals surface area contributed by atoms with Crippen molar-refractivity contribution < 1.29 is 19.1 Å². The minimum Gasteiger partial charge on any atom is -0.466 e. The van der Waals surface area contributed by atoms with E-state index in [0.717, 1.165) is 6.08 Å². The van der Waals surface area contributed by atoms with Crippen LogP contribution in [0.2, 0.25) is 0 Å². The van der Waals surface area contributed by atoms with E-state index in [1.54, 1.807) is 0 Å². The van der Waals surface area contributed by atoms with Gasteiger partial charge in [-0.3, -0.25) is 4.79 Å². The maximum atomic E-state index is 10.4. The van der Waals surface area contributed by atoms with Crippen molar-refractivity contribution in [2.75, 3.05) is 13.7 Å². The Morgan fingerprint density at radius 2 is 2.18 bits per heavy atom. The van der Waals surface area contributed by atoms with Gasteiger partial charge in [0.25, 0.3) is 0 Å². The Labute approximate surface area is 64.8 Å². The first kappa shape index (κ1) is 9.68. The minimum atomic E-state index is -0.517. The van der Waals surface area contributed by atoms with E-state index >= 15 is 0 Å². The Bertz CT molecular complexity index is 171. The molecule has 4 heteroatoms. The monoisotopic (exact) mass is 157 g/mol. The normalized spacial score (nSPS) is 9.64. The molecule has 0 rings (SSSR count). The van der Waals surface area contributed by atoms with Crippen molar-refractivity contribution in [3.8, 4) is 0 Å². The number of methoxy groups -OCH3 is 1. The molecule has 0 aliphatic rings. The molecule has 0 spiro atoms. The summed E-state index contributed by atoms with van der Waals surface area (Å²) in [7, 11) is 1.26. The Morgan fingerprint density at radius 3 is 2.64 bits per heavy atom. The summed E-state index contributed by atoms with van der Waals surface area (Å²) in [5.74, 6) is -0.923. The molecule has 0 aliphatic heterocycles. The number of esters is 2. The number of carbonyl (C=O) groups is 2. The zero-order valence-electron chi connectivity index (χ0n) is 6.42. The lowest BCUT2D eigenvalue weighted by atomic mass is 10.5. The molecule has 0 aromatic heterocycles. The molecule has 4 nitrogen and oxygen atoms in total. The van der Waals surface area contributed by atoms with Gasteiger partial charge in [-0.2, -0.15) is 0 Å². The number of carbonyl (C=O) groups excluding carboxylic acids is 2. The van der Waals surface area contributed by atoms with Crippen molar-refractivity contribution in [2.24, 2.45) is 0 Å². The van der Waals surface area contributed by atoms with E-state index in [0.29, 0.717) is 0 Å². The van der Waals surface area contributed by atoms with Crippen molar-refractivity contribution in [3.05, 3.63) is 12.2 Å². The predicted octanol–water partition coefficient (Wildman–Crippen LogP) is 0.0819. The molecule has 0 aromatic carbocycles. The van der Waals surface area contributed by atoms with Crippen molar-refractivity contribution in [1.29, 1.82) is 0 Å². The second kappa shape index (κ2) is 5.46. The van der Waals surface area contributed by atoms with Crippen molar-refractivity contribution in [1.82, 2.24) is 0 Å². The van der Waals surface area contributed by atoms with Crippen LogP contribution >= 0.6 is 0 Å². The second-order valence-corrected chi connectivity index (χ2v) is 1.65. The predicted molar refractivity (Wildman–Crippen MR) is 36.5 cm³/mol. The van der Waals surface area contributed by atoms with Gasteiger partial charge in [-0.05, 0) is 0 Å². The van der Waals surface area contributed by atoms with Crippen LogP contribution in [-0.4, -0.2) is 25.7 Å². The summed E-state index contributed by atoms with van der Waals surface area (Å²) in [4.78, 5) is 20.5. The van der Waals surface area contributed by atoms with Gasteiger partial charge in [-0.15, -0.1) is 0 Å². The fraction of sp³-hybridized carbons (Fsp3) is 0.429. The first-order valence-electron chi connectivity index (χ1n) is 2.94. The zero-order chi connectivity index (χ0) is 8.69. The number of rotatable bonds is 3. The molecule has 0 saturated heterocycles. The summed E-state index contributed by atoms with van der Waals surface area (Å²) in [6, 6.07) is 0. The first-order chi connectivity index (χ1) is 5.16. The van der Waals surface area contributed by atoms with Crippen LogP contribution in [0.25, 0.3) is 0 Å². The Hall–Kier alpha value is -1.32. The number of hydrogen-bond donors (Lipinski definition) is 0. The van der Waals surface area contributed by atoms with Crippen molar-refractivity contribution in [2.45, 2.75) is 6.92 Å². The highest BCUT2D eigenvalue weighted by Crippen LogP contribution is 1.79. The molecule has 0 amide bonds. The molecule has 0 aromatic rings. The fourth-order valence-corrected chi connectivity index (χ4v) is 0.327. The van der Waals surface area contributed by atoms with Crippen LogP contribution in [0.5, 0.6) is 0 Å². The second-order valence-electron chi connectivity index (χ2n) is 1.65. The van der Waals surface area contributed by atoms with Gasteiger partial charge in [-0.25, -0.2) is 4.79 Å². The summed E-state index contributed by atoms with van der Waals surface area (Å²) < 4.78 is 8.71. The van der Waals surface area contributed by atoms with Crippen LogP contribution in [0, 0.1) is 6.08 Å². The average Bonchev–Trinajstić information content (AvgIpc) is 1.97. The van der Waals surface area contributed by atoms with Crippen molar-refractivity contribution >= 4 is 11.9 Å². The largest absolute Gasteiger partial charge is 0.466 e. The van der Waals surface area contributed by atoms with Crippen LogP contribution in [0.4, 0.5) is 0 Å². The standard InChI is InChI=1S/C7H9O4/c1-6(8)11-5-3-4-7(9)10-2/h4H,5H2,1-2H3. The Balaban J connectivity index is 3.45. The zero-order valence-corrected chi connectivity index (χ0v) is 6.42. The molecule has 0 bridgehead atoms. The molecular formula is C7H9O4. The van der Waals surface area contributed by atoms with Gasteiger partial charge >= 0.3 is 11.9 Å². The molecule has 0 aliphatic carbocycles. The van der Waals surface area contributed by atoms with Gasteiger partial charge in [-0.1, -0.05) is 0 Å². The van der Waals surface area contributed by atoms with Gasteiger partial charge in [0, 0.05) is 19.1 Å². The topological polar surface area (TPSA) is 52.6 Å². The maximum Gasteiger partial charge on any atom is 0.330 e. The smallest absolute Gasteiger partial charge is 0.330 e. The van der Waals surface area contributed by atoms with E-state index in [1.165, 1.54) is 14.0 Å². The third-order valence-corrected chi connectivity index (χ3v) is 0.780. The maximum absolute atomic E-state index is 10.4. The van der Waals surface area contributed by atoms with Gasteiger partial charge in [0.2, 0.25) is 0 Å². The van der Waals surface area contributed by atoms with Crippen LogP contribution in [0.1, 0.15) is 6.92 Å². The van der Waals surface area contributed by atoms with E-state index in [2.05, 4.69) is 15.5 Å². The summed E-state index contributed by atoms with van der Waals surface area (Å²) in [6.45, 7) is 1.25. The molecule has 11 heavy (non-hydrogen) atoms. The average molecular weight is 157 g/mol. The molecule has 0 unspecified atom stereocenters. The first-order valence-corrected chi connectivity index (χ1v) is 2.94. The molecule has 61 valence electrons. The highest BCUT2D eigenvalue weighted by atomic mass is 16.5. The van der Waals surface area contributed by atoms with Gasteiger partial charge < -0.3 is 9.47 Å². The molecular weight excluding hydrogens is 148 g/mol. The van der Waals surface area contributed by atoms with E-state index in [4.69, 9.17) is 0 Å². The van der Waals surface area contributed by atoms with Crippen LogP contribution in [-0.2, 0) is 19.1 Å². The molecule has 0 N–H and O–H groups in total. The van der Waals surface area contributed by atoms with Crippen LogP contribution in [0.15, 0.2) is 6.08 Å². The lowest BCUT2D eigenvalue weighted by Gasteiger charge is -1.93. The quantitative estimate of drug-likeness (QED) is 0.430. The molecule has 1 radical (unpaired) electrons. The fourth-order valence-electron chi connectivity index (χ4n) is 0.327. The molecule has 0 atom stereocenters. The number of ether oxygens (including phenoxy) is 2. The third-order valence-electron chi connectivity index (χ3n) is 0.780. The highest BCUT2D eigenvalue weighted by molar-refractivity contribution is 5.81.